The van der Waals surface area contributed by atoms with Gasteiger partial charge in [-0.05, 0) is 50.9 Å². The number of hydrogen-bond acceptors (Lipinski definition) is 5. The van der Waals surface area contributed by atoms with Crippen LogP contribution in [0.3, 0.4) is 0 Å². The van der Waals surface area contributed by atoms with Crippen molar-refractivity contribution in [2.75, 3.05) is 31.6 Å². The fourth-order valence-corrected chi connectivity index (χ4v) is 5.56. The van der Waals surface area contributed by atoms with E-state index >= 15 is 0 Å². The molecule has 1 aliphatic heterocycles. The molecule has 1 N–H and O–H groups in total. The zero-order valence-electron chi connectivity index (χ0n) is 21.2. The van der Waals surface area contributed by atoms with E-state index in [0.29, 0.717) is 53.4 Å². The van der Waals surface area contributed by atoms with Gasteiger partial charge in [0.2, 0.25) is 0 Å². The highest BCUT2D eigenvalue weighted by molar-refractivity contribution is 6.36. The number of rotatable bonds is 9. The second kappa shape index (κ2) is 11.1. The summed E-state index contributed by atoms with van der Waals surface area (Å²) in [6, 6.07) is 1.87. The van der Waals surface area contributed by atoms with Crippen molar-refractivity contribution in [3.63, 3.8) is 0 Å². The number of halogens is 2. The van der Waals surface area contributed by atoms with E-state index in [1.807, 2.05) is 13.0 Å². The lowest BCUT2D eigenvalue weighted by molar-refractivity contribution is 0.0936. The van der Waals surface area contributed by atoms with Crippen LogP contribution >= 0.6 is 11.6 Å². The Morgan fingerprint density at radius 3 is 2.63 bits per heavy atom. The van der Waals surface area contributed by atoms with Gasteiger partial charge in [0.1, 0.15) is 11.6 Å². The summed E-state index contributed by atoms with van der Waals surface area (Å²) in [4.78, 5) is 19.7. The van der Waals surface area contributed by atoms with Crippen LogP contribution in [0, 0.1) is 17.8 Å². The third kappa shape index (κ3) is 5.74. The molecule has 1 amide bonds. The van der Waals surface area contributed by atoms with Crippen molar-refractivity contribution in [1.82, 2.24) is 20.1 Å². The van der Waals surface area contributed by atoms with Crippen molar-refractivity contribution in [3.8, 4) is 17.0 Å². The van der Waals surface area contributed by atoms with Gasteiger partial charge in [-0.3, -0.25) is 9.48 Å². The predicted octanol–water partition coefficient (Wildman–Crippen LogP) is 5.37. The highest BCUT2D eigenvalue weighted by Crippen LogP contribution is 2.39. The summed E-state index contributed by atoms with van der Waals surface area (Å²) in [6.07, 6.45) is 6.22. The summed E-state index contributed by atoms with van der Waals surface area (Å²) >= 11 is 6.74. The Morgan fingerprint density at radius 2 is 2.00 bits per heavy atom. The van der Waals surface area contributed by atoms with Crippen LogP contribution < -0.4 is 15.0 Å². The molecular formula is C26H37ClFN5O2. The fraction of sp³-hybridized carbons (Fsp3) is 0.654. The van der Waals surface area contributed by atoms with Crippen molar-refractivity contribution in [1.29, 1.82) is 0 Å². The molecule has 0 radical (unpaired) electrons. The summed E-state index contributed by atoms with van der Waals surface area (Å²) in [6.45, 7) is 8.60. The van der Waals surface area contributed by atoms with E-state index in [-0.39, 0.29) is 11.6 Å². The van der Waals surface area contributed by atoms with Crippen LogP contribution in [0.2, 0.25) is 5.02 Å². The number of amides is 1. The maximum absolute atomic E-state index is 13.3. The maximum Gasteiger partial charge on any atom is 0.273 e. The molecule has 1 unspecified atom stereocenters. The molecule has 1 saturated carbocycles. The molecule has 2 aliphatic rings. The van der Waals surface area contributed by atoms with Crippen LogP contribution in [0.25, 0.3) is 11.3 Å². The van der Waals surface area contributed by atoms with E-state index in [2.05, 4.69) is 27.2 Å². The fourth-order valence-electron chi connectivity index (χ4n) is 5.24. The average molecular weight is 506 g/mol. The zero-order valence-corrected chi connectivity index (χ0v) is 21.9. The molecule has 2 aromatic rings. The predicted molar refractivity (Wildman–Crippen MR) is 137 cm³/mol. The van der Waals surface area contributed by atoms with Crippen LogP contribution in [-0.4, -0.2) is 53.6 Å². The molecule has 35 heavy (non-hydrogen) atoms. The molecule has 3 heterocycles. The van der Waals surface area contributed by atoms with Crippen LogP contribution in [-0.2, 0) is 6.54 Å². The van der Waals surface area contributed by atoms with E-state index in [1.165, 1.54) is 12.8 Å². The summed E-state index contributed by atoms with van der Waals surface area (Å²) in [7, 11) is 1.60. The lowest BCUT2D eigenvalue weighted by atomic mass is 9.83. The number of hydrogen-bond donors (Lipinski definition) is 1. The van der Waals surface area contributed by atoms with Gasteiger partial charge in [-0.25, -0.2) is 9.37 Å². The summed E-state index contributed by atoms with van der Waals surface area (Å²) in [5.41, 5.74) is 1.53. The molecule has 0 aromatic carbocycles. The number of aryl methyl sites for hydroxylation is 1. The first kappa shape index (κ1) is 25.7. The molecule has 7 nitrogen and oxygen atoms in total. The van der Waals surface area contributed by atoms with Gasteiger partial charge >= 0.3 is 0 Å². The molecule has 1 saturated heterocycles. The number of carbonyl (C=O) groups excluding carboxylic acids is 1. The zero-order chi connectivity index (χ0) is 25.1. The van der Waals surface area contributed by atoms with Gasteiger partial charge in [-0.2, -0.15) is 5.10 Å². The first-order valence-electron chi connectivity index (χ1n) is 12.8. The average Bonchev–Trinajstić information content (AvgIpc) is 3.16. The number of aromatic nitrogens is 3. The highest BCUT2D eigenvalue weighted by atomic mass is 35.5. The molecule has 1 aliphatic carbocycles. The second-order valence-electron chi connectivity index (χ2n) is 10.2. The SMILES string of the molecule is CCn1nc(C(=O)NCC2CCC(C)CC2)c(Cl)c1-c1cnc(N2CC(CC(C)F)C2)cc1OC. The number of nitrogens with one attached hydrogen (secondary N) is 1. The minimum absolute atomic E-state index is 0.227. The maximum atomic E-state index is 13.3. The van der Waals surface area contributed by atoms with Gasteiger partial charge in [0, 0.05) is 38.4 Å². The van der Waals surface area contributed by atoms with Crippen molar-refractivity contribution in [2.45, 2.75) is 65.6 Å². The lowest BCUT2D eigenvalue weighted by Crippen LogP contribution is -2.47. The normalized spacial score (nSPS) is 21.5. The largest absolute Gasteiger partial charge is 0.496 e. The van der Waals surface area contributed by atoms with Gasteiger partial charge in [0.05, 0.1) is 29.6 Å². The molecular weight excluding hydrogens is 469 g/mol. The molecule has 9 heteroatoms. The van der Waals surface area contributed by atoms with E-state index in [4.69, 9.17) is 16.3 Å². The first-order chi connectivity index (χ1) is 16.8. The quantitative estimate of drug-likeness (QED) is 0.496. The summed E-state index contributed by atoms with van der Waals surface area (Å²) < 4.78 is 20.7. The lowest BCUT2D eigenvalue weighted by Gasteiger charge is -2.40. The number of pyridine rings is 1. The Balaban J connectivity index is 1.50. The number of carbonyl (C=O) groups is 1. The van der Waals surface area contributed by atoms with E-state index in [9.17, 15) is 9.18 Å². The van der Waals surface area contributed by atoms with Gasteiger partial charge in [-0.1, -0.05) is 31.4 Å². The van der Waals surface area contributed by atoms with Crippen LogP contribution in [0.5, 0.6) is 5.75 Å². The molecule has 2 fully saturated rings. The Labute approximate surface area is 212 Å². The van der Waals surface area contributed by atoms with Gasteiger partial charge < -0.3 is 15.0 Å². The topological polar surface area (TPSA) is 72.3 Å². The number of alkyl halides is 1. The molecule has 2 aromatic heterocycles. The Bertz CT molecular complexity index is 1030. The smallest absolute Gasteiger partial charge is 0.273 e. The minimum Gasteiger partial charge on any atom is -0.496 e. The van der Waals surface area contributed by atoms with E-state index in [1.54, 1.807) is 24.9 Å². The first-order valence-corrected chi connectivity index (χ1v) is 13.2. The van der Waals surface area contributed by atoms with E-state index < -0.39 is 6.17 Å². The van der Waals surface area contributed by atoms with Crippen molar-refractivity contribution >= 4 is 23.3 Å². The van der Waals surface area contributed by atoms with Crippen LogP contribution in [0.15, 0.2) is 12.3 Å². The number of anilines is 1. The van der Waals surface area contributed by atoms with Crippen molar-refractivity contribution in [3.05, 3.63) is 23.0 Å². The molecule has 0 spiro atoms. The Kier molecular flexibility index (Phi) is 8.19. The molecule has 192 valence electrons. The third-order valence-corrected chi connectivity index (χ3v) is 7.72. The Hall–Kier alpha value is -2.35. The van der Waals surface area contributed by atoms with Gasteiger partial charge in [-0.15, -0.1) is 0 Å². The minimum atomic E-state index is -0.791. The summed E-state index contributed by atoms with van der Waals surface area (Å²) in [5, 5.41) is 7.87. The number of ether oxygens (including phenoxy) is 1. The highest BCUT2D eigenvalue weighted by Gasteiger charge is 2.31. The molecule has 0 bridgehead atoms. The number of nitrogens with zero attached hydrogens (tertiary/aromatic N) is 4. The van der Waals surface area contributed by atoms with Crippen molar-refractivity contribution in [2.24, 2.45) is 17.8 Å². The van der Waals surface area contributed by atoms with Crippen LogP contribution in [0.4, 0.5) is 10.2 Å². The third-order valence-electron chi connectivity index (χ3n) is 7.36. The van der Waals surface area contributed by atoms with E-state index in [0.717, 1.165) is 37.7 Å². The number of methoxy groups -OCH3 is 1. The second-order valence-corrected chi connectivity index (χ2v) is 10.6. The van der Waals surface area contributed by atoms with Crippen molar-refractivity contribution < 1.29 is 13.9 Å². The monoisotopic (exact) mass is 505 g/mol. The van der Waals surface area contributed by atoms with Gasteiger partial charge in [0.15, 0.2) is 5.69 Å². The van der Waals surface area contributed by atoms with Crippen LogP contribution in [0.1, 0.15) is 63.4 Å². The summed E-state index contributed by atoms with van der Waals surface area (Å²) in [5.74, 6) is 2.77. The molecule has 1 atom stereocenters. The standard InChI is InChI=1S/C26H37ClFN5O2/c1-5-33-25(23(27)24(31-33)26(34)30-12-18-8-6-16(2)7-9-18)20-13-29-22(11-21(20)35-4)32-14-19(15-32)10-17(3)28/h11,13,16-19H,5-10,12,14-15H2,1-4H3,(H,30,34). The Morgan fingerprint density at radius 1 is 1.29 bits per heavy atom. The van der Waals surface area contributed by atoms with Gasteiger partial charge in [0.25, 0.3) is 5.91 Å². The molecule has 4 rings (SSSR count).